The topological polar surface area (TPSA) is 75.8 Å². The molecule has 0 aliphatic rings. The molecule has 0 radical (unpaired) electrons. The highest BCUT2D eigenvalue weighted by Gasteiger charge is 2.21. The van der Waals surface area contributed by atoms with Gasteiger partial charge in [-0.1, -0.05) is 37.3 Å². The Morgan fingerprint density at radius 3 is 2.48 bits per heavy atom. The van der Waals surface area contributed by atoms with Gasteiger partial charge in [0.25, 0.3) is 0 Å². The first kappa shape index (κ1) is 14.9. The summed E-state index contributed by atoms with van der Waals surface area (Å²) in [6.07, 6.45) is 0.723. The maximum absolute atomic E-state index is 9.54. The van der Waals surface area contributed by atoms with E-state index in [2.05, 4.69) is 11.1 Å². The number of hydrogen-bond acceptors (Lipinski definition) is 4. The van der Waals surface area contributed by atoms with Gasteiger partial charge in [0, 0.05) is 11.1 Å². The number of nitrogen functional groups attached to an aromatic ring is 1. The van der Waals surface area contributed by atoms with Crippen molar-refractivity contribution in [3.8, 4) is 28.7 Å². The van der Waals surface area contributed by atoms with Crippen molar-refractivity contribution >= 4 is 5.82 Å². The monoisotopic (exact) mass is 303 g/mol. The number of nitrogens with two attached hydrogens (primary N) is 1. The third kappa shape index (κ3) is 2.58. The number of nitrogens with zero attached hydrogens (tertiary/aromatic N) is 2. The molecule has 0 aliphatic heterocycles. The van der Waals surface area contributed by atoms with Gasteiger partial charge in [0.2, 0.25) is 0 Å². The summed E-state index contributed by atoms with van der Waals surface area (Å²) in [5, 5.41) is 9.54. The summed E-state index contributed by atoms with van der Waals surface area (Å²) < 4.78 is 5.77. The Morgan fingerprint density at radius 1 is 1.17 bits per heavy atom. The number of nitriles is 1. The smallest absolute Gasteiger partial charge is 0.142 e. The molecule has 0 amide bonds. The lowest BCUT2D eigenvalue weighted by Gasteiger charge is -2.15. The molecule has 4 nitrogen and oxygen atoms in total. The Morgan fingerprint density at radius 2 is 1.91 bits per heavy atom. The Hall–Kier alpha value is -3.06. The summed E-state index contributed by atoms with van der Waals surface area (Å²) in [6.45, 7) is 3.92. The van der Waals surface area contributed by atoms with Gasteiger partial charge in [-0.25, -0.2) is 4.98 Å². The number of aryl methyl sites for hydroxylation is 1. The van der Waals surface area contributed by atoms with Crippen molar-refractivity contribution in [3.05, 3.63) is 59.4 Å². The number of furan rings is 1. The molecule has 2 heterocycles. The van der Waals surface area contributed by atoms with Gasteiger partial charge in [-0.05, 0) is 31.0 Å². The summed E-state index contributed by atoms with van der Waals surface area (Å²) in [6, 6.07) is 15.8. The Labute approximate surface area is 135 Å². The van der Waals surface area contributed by atoms with E-state index in [4.69, 9.17) is 10.2 Å². The lowest BCUT2D eigenvalue weighted by molar-refractivity contribution is 0.547. The highest BCUT2D eigenvalue weighted by atomic mass is 16.3. The number of hydrogen-bond donors (Lipinski definition) is 1. The van der Waals surface area contributed by atoms with E-state index in [0.717, 1.165) is 34.6 Å². The van der Waals surface area contributed by atoms with Crippen molar-refractivity contribution in [3.63, 3.8) is 0 Å². The molecule has 23 heavy (non-hydrogen) atoms. The second kappa shape index (κ2) is 5.98. The maximum Gasteiger partial charge on any atom is 0.142 e. The van der Waals surface area contributed by atoms with Crippen LogP contribution in [0.25, 0.3) is 22.6 Å². The molecule has 114 valence electrons. The van der Waals surface area contributed by atoms with Crippen LogP contribution >= 0.6 is 0 Å². The number of anilines is 1. The third-order valence-electron chi connectivity index (χ3n) is 3.83. The average molecular weight is 303 g/mol. The van der Waals surface area contributed by atoms with E-state index in [-0.39, 0.29) is 5.82 Å². The Balaban J connectivity index is 2.37. The molecule has 0 bridgehead atoms. The van der Waals surface area contributed by atoms with E-state index in [1.165, 1.54) is 0 Å². The van der Waals surface area contributed by atoms with E-state index in [1.54, 1.807) is 0 Å². The Bertz CT molecular complexity index is 889. The molecule has 0 fully saturated rings. The van der Waals surface area contributed by atoms with Crippen molar-refractivity contribution in [1.29, 1.82) is 5.26 Å². The van der Waals surface area contributed by atoms with Crippen LogP contribution in [-0.2, 0) is 6.42 Å². The van der Waals surface area contributed by atoms with Crippen molar-refractivity contribution < 1.29 is 4.42 Å². The predicted octanol–water partition coefficient (Wildman–Crippen LogP) is 4.33. The van der Waals surface area contributed by atoms with Crippen LogP contribution in [0.3, 0.4) is 0 Å². The summed E-state index contributed by atoms with van der Waals surface area (Å²) in [5.41, 5.74) is 9.92. The van der Waals surface area contributed by atoms with Gasteiger partial charge in [0.1, 0.15) is 29.0 Å². The third-order valence-corrected chi connectivity index (χ3v) is 3.83. The molecule has 2 N–H and O–H groups in total. The van der Waals surface area contributed by atoms with Crippen LogP contribution in [0.2, 0.25) is 0 Å². The van der Waals surface area contributed by atoms with Crippen molar-refractivity contribution in [2.24, 2.45) is 0 Å². The van der Waals surface area contributed by atoms with Crippen molar-refractivity contribution in [2.45, 2.75) is 20.3 Å². The zero-order chi connectivity index (χ0) is 16.4. The fourth-order valence-electron chi connectivity index (χ4n) is 2.77. The molecule has 0 spiro atoms. The van der Waals surface area contributed by atoms with Crippen LogP contribution in [0.1, 0.15) is 23.8 Å². The van der Waals surface area contributed by atoms with Gasteiger partial charge in [0.05, 0.1) is 5.69 Å². The van der Waals surface area contributed by atoms with Crippen LogP contribution in [0.4, 0.5) is 5.82 Å². The van der Waals surface area contributed by atoms with E-state index in [9.17, 15) is 5.26 Å². The molecular weight excluding hydrogens is 286 g/mol. The van der Waals surface area contributed by atoms with E-state index in [1.807, 2.05) is 56.3 Å². The first-order valence-corrected chi connectivity index (χ1v) is 7.50. The lowest BCUT2D eigenvalue weighted by Crippen LogP contribution is -2.04. The number of pyridine rings is 1. The number of rotatable bonds is 3. The molecular formula is C19H17N3O. The minimum absolute atomic E-state index is 0.229. The van der Waals surface area contributed by atoms with Crippen LogP contribution in [0, 0.1) is 18.3 Å². The molecule has 2 aromatic heterocycles. The van der Waals surface area contributed by atoms with Gasteiger partial charge in [0.15, 0.2) is 0 Å². The van der Waals surface area contributed by atoms with Crippen LogP contribution in [-0.4, -0.2) is 4.98 Å². The highest BCUT2D eigenvalue weighted by Crippen LogP contribution is 2.37. The standard InChI is InChI=1S/C19H17N3O/c1-3-14-17(16-10-9-12(2)23-16)15(11-20)19(21)22-18(14)13-7-5-4-6-8-13/h4-10H,3H2,1-2H3,(H2,21,22). The summed E-state index contributed by atoms with van der Waals surface area (Å²) >= 11 is 0. The van der Waals surface area contributed by atoms with Gasteiger partial charge in [-0.3, -0.25) is 0 Å². The quantitative estimate of drug-likeness (QED) is 0.781. The second-order valence-corrected chi connectivity index (χ2v) is 5.32. The van der Waals surface area contributed by atoms with Crippen LogP contribution in [0.15, 0.2) is 46.9 Å². The maximum atomic E-state index is 9.54. The predicted molar refractivity (Wildman–Crippen MR) is 90.6 cm³/mol. The molecule has 0 saturated carbocycles. The lowest BCUT2D eigenvalue weighted by atomic mass is 9.94. The van der Waals surface area contributed by atoms with Gasteiger partial charge >= 0.3 is 0 Å². The first-order chi connectivity index (χ1) is 11.2. The second-order valence-electron chi connectivity index (χ2n) is 5.32. The molecule has 0 aliphatic carbocycles. The highest BCUT2D eigenvalue weighted by molar-refractivity contribution is 5.82. The fraction of sp³-hybridized carbons (Fsp3) is 0.158. The largest absolute Gasteiger partial charge is 0.461 e. The van der Waals surface area contributed by atoms with Gasteiger partial charge in [-0.2, -0.15) is 5.26 Å². The summed E-state index contributed by atoms with van der Waals surface area (Å²) in [5.74, 6) is 1.68. The molecule has 1 aromatic carbocycles. The van der Waals surface area contributed by atoms with Crippen LogP contribution < -0.4 is 5.73 Å². The molecule has 3 rings (SSSR count). The zero-order valence-corrected chi connectivity index (χ0v) is 13.1. The van der Waals surface area contributed by atoms with E-state index >= 15 is 0 Å². The average Bonchev–Trinajstić information content (AvgIpc) is 3.00. The summed E-state index contributed by atoms with van der Waals surface area (Å²) in [7, 11) is 0. The van der Waals surface area contributed by atoms with E-state index in [0.29, 0.717) is 11.3 Å². The van der Waals surface area contributed by atoms with Gasteiger partial charge in [-0.15, -0.1) is 0 Å². The first-order valence-electron chi connectivity index (χ1n) is 7.50. The normalized spacial score (nSPS) is 10.5. The SMILES string of the molecule is CCc1c(-c2ccccc2)nc(N)c(C#N)c1-c1ccc(C)o1. The van der Waals surface area contributed by atoms with Crippen molar-refractivity contribution in [1.82, 2.24) is 4.98 Å². The number of aromatic nitrogens is 1. The van der Waals surface area contributed by atoms with Gasteiger partial charge < -0.3 is 10.2 Å². The molecule has 0 atom stereocenters. The van der Waals surface area contributed by atoms with Crippen LogP contribution in [0.5, 0.6) is 0 Å². The van der Waals surface area contributed by atoms with Crippen molar-refractivity contribution in [2.75, 3.05) is 5.73 Å². The minimum Gasteiger partial charge on any atom is -0.461 e. The zero-order valence-electron chi connectivity index (χ0n) is 13.1. The molecule has 0 saturated heterocycles. The minimum atomic E-state index is 0.229. The Kier molecular flexibility index (Phi) is 3.86. The van der Waals surface area contributed by atoms with E-state index < -0.39 is 0 Å². The molecule has 3 aromatic rings. The number of benzene rings is 1. The molecule has 4 heteroatoms. The molecule has 0 unspecified atom stereocenters. The summed E-state index contributed by atoms with van der Waals surface area (Å²) in [4.78, 5) is 4.49. The fourth-order valence-corrected chi connectivity index (χ4v) is 2.77.